The Morgan fingerprint density at radius 2 is 1.70 bits per heavy atom. The maximum atomic E-state index is 13.7. The Morgan fingerprint density at radius 1 is 0.962 bits per heavy atom. The van der Waals surface area contributed by atoms with Crippen molar-refractivity contribution in [3.05, 3.63) is 133 Å². The molecule has 53 heavy (non-hydrogen) atoms. The number of nitrogens with zero attached hydrogens (tertiary/aromatic N) is 3. The number of hydrogen-bond acceptors (Lipinski definition) is 9. The summed E-state index contributed by atoms with van der Waals surface area (Å²) in [6.07, 6.45) is 2.57. The first kappa shape index (κ1) is 38.8. The number of carbonyl (C=O) groups excluding carboxylic acids is 4. The summed E-state index contributed by atoms with van der Waals surface area (Å²) < 4.78 is 11.7. The molecule has 0 unspecified atom stereocenters. The molecular formula is C41H44ClN5O6. The Bertz CT molecular complexity index is 2220. The van der Waals surface area contributed by atoms with Gasteiger partial charge in [0.15, 0.2) is 17.1 Å². The molecule has 2 heterocycles. The predicted octanol–water partition coefficient (Wildman–Crippen LogP) is 7.04. The second-order valence-electron chi connectivity index (χ2n) is 14.0. The van der Waals surface area contributed by atoms with E-state index in [0.717, 1.165) is 16.7 Å². The van der Waals surface area contributed by atoms with Crippen LogP contribution in [0, 0.1) is 20.8 Å². The molecule has 0 aliphatic heterocycles. The Labute approximate surface area is 313 Å². The zero-order valence-electron chi connectivity index (χ0n) is 31.0. The molecule has 0 spiro atoms. The molecule has 5 aromatic rings. The molecule has 0 radical (unpaired) electrons. The largest absolute Gasteiger partial charge is 0.464 e. The first-order chi connectivity index (χ1) is 25.1. The Kier molecular flexibility index (Phi) is 11.8. The number of rotatable bonds is 8. The van der Waals surface area contributed by atoms with Gasteiger partial charge in [0.1, 0.15) is 11.3 Å². The fourth-order valence-corrected chi connectivity index (χ4v) is 6.39. The minimum absolute atomic E-state index is 0.0118. The number of benzene rings is 3. The lowest BCUT2D eigenvalue weighted by molar-refractivity contribution is 0.00681. The van der Waals surface area contributed by atoms with Crippen LogP contribution in [0.15, 0.2) is 66.9 Å². The molecule has 0 saturated heterocycles. The number of ketones is 1. The van der Waals surface area contributed by atoms with E-state index in [9.17, 15) is 19.2 Å². The number of halogens is 1. The van der Waals surface area contributed by atoms with Crippen LogP contribution in [-0.2, 0) is 28.9 Å². The van der Waals surface area contributed by atoms with Crippen molar-refractivity contribution < 1.29 is 28.7 Å². The minimum atomic E-state index is -0.765. The van der Waals surface area contributed by atoms with Crippen LogP contribution < -0.4 is 11.1 Å². The Morgan fingerprint density at radius 3 is 2.36 bits per heavy atom. The number of ether oxygens (including phenoxy) is 2. The van der Waals surface area contributed by atoms with Gasteiger partial charge in [-0.3, -0.25) is 9.59 Å². The number of fused-ring (bicyclic) bond motifs is 2. The van der Waals surface area contributed by atoms with Gasteiger partial charge in [0.25, 0.3) is 5.91 Å². The smallest absolute Gasteiger partial charge is 0.356 e. The Balaban J connectivity index is 0.000000469. The highest BCUT2D eigenvalue weighted by molar-refractivity contribution is 6.31. The highest BCUT2D eigenvalue weighted by atomic mass is 35.5. The number of hydrogen-bond donors (Lipinski definition) is 2. The SMILES string of the molecule is COC(=O)c1cc(C(=O)N[C@H]2CCc3c2ccc(C(=O)OC(C)(C)C)c3C)n2ncc(C(=O)Cc3ccccc3Cl)c2n1.Cc1ccc(CN)cc1C. The molecule has 2 aromatic heterocycles. The molecule has 1 atom stereocenters. The van der Waals surface area contributed by atoms with Gasteiger partial charge in [-0.1, -0.05) is 54.1 Å². The number of methoxy groups -OCH3 is 1. The summed E-state index contributed by atoms with van der Waals surface area (Å²) >= 11 is 6.25. The summed E-state index contributed by atoms with van der Waals surface area (Å²) in [5.74, 6) is -2.01. The van der Waals surface area contributed by atoms with Crippen LogP contribution in [0.1, 0.15) is 114 Å². The van der Waals surface area contributed by atoms with Crippen LogP contribution in [0.4, 0.5) is 0 Å². The molecule has 0 saturated carbocycles. The first-order valence-corrected chi connectivity index (χ1v) is 17.7. The molecule has 6 rings (SSSR count). The molecule has 1 aliphatic carbocycles. The monoisotopic (exact) mass is 737 g/mol. The number of aromatic nitrogens is 3. The van der Waals surface area contributed by atoms with Crippen molar-refractivity contribution in [3.63, 3.8) is 0 Å². The van der Waals surface area contributed by atoms with E-state index in [-0.39, 0.29) is 40.8 Å². The first-order valence-electron chi connectivity index (χ1n) is 17.3. The third-order valence-electron chi connectivity index (χ3n) is 9.13. The lowest BCUT2D eigenvalue weighted by Crippen LogP contribution is -2.30. The van der Waals surface area contributed by atoms with Crippen molar-refractivity contribution in [2.45, 2.75) is 79.0 Å². The van der Waals surface area contributed by atoms with Gasteiger partial charge in [-0.05, 0) is 105 Å². The average Bonchev–Trinajstić information content (AvgIpc) is 3.74. The minimum Gasteiger partial charge on any atom is -0.464 e. The summed E-state index contributed by atoms with van der Waals surface area (Å²) in [6.45, 7) is 12.2. The molecule has 1 amide bonds. The number of esters is 2. The molecule has 276 valence electrons. The van der Waals surface area contributed by atoms with Gasteiger partial charge < -0.3 is 20.5 Å². The van der Waals surface area contributed by atoms with E-state index in [0.29, 0.717) is 35.5 Å². The average molecular weight is 738 g/mol. The van der Waals surface area contributed by atoms with Crippen LogP contribution in [0.3, 0.4) is 0 Å². The van der Waals surface area contributed by atoms with Crippen molar-refractivity contribution in [1.82, 2.24) is 19.9 Å². The fourth-order valence-electron chi connectivity index (χ4n) is 6.19. The van der Waals surface area contributed by atoms with Crippen molar-refractivity contribution >= 4 is 40.9 Å². The van der Waals surface area contributed by atoms with Gasteiger partial charge in [0.05, 0.1) is 30.5 Å². The van der Waals surface area contributed by atoms with Crippen LogP contribution in [0.2, 0.25) is 5.02 Å². The molecular weight excluding hydrogens is 694 g/mol. The van der Waals surface area contributed by atoms with Gasteiger partial charge in [-0.2, -0.15) is 5.10 Å². The third kappa shape index (κ3) is 8.81. The maximum absolute atomic E-state index is 13.7. The molecule has 0 fully saturated rings. The van der Waals surface area contributed by atoms with Gasteiger partial charge in [0, 0.05) is 24.1 Å². The van der Waals surface area contributed by atoms with E-state index in [1.54, 1.807) is 30.3 Å². The molecule has 0 bridgehead atoms. The highest BCUT2D eigenvalue weighted by Gasteiger charge is 2.31. The molecule has 11 nitrogen and oxygen atoms in total. The highest BCUT2D eigenvalue weighted by Crippen LogP contribution is 2.35. The number of Topliss-reactive ketones (excluding diaryl/α,β-unsaturated/α-hetero) is 1. The summed E-state index contributed by atoms with van der Waals surface area (Å²) in [6, 6.07) is 17.8. The lowest BCUT2D eigenvalue weighted by atomic mass is 9.97. The van der Waals surface area contributed by atoms with Crippen LogP contribution in [0.5, 0.6) is 0 Å². The molecule has 3 aromatic carbocycles. The van der Waals surface area contributed by atoms with E-state index in [1.807, 2.05) is 33.8 Å². The third-order valence-corrected chi connectivity index (χ3v) is 9.50. The number of amides is 1. The fraction of sp³-hybridized carbons (Fsp3) is 0.317. The van der Waals surface area contributed by atoms with Crippen LogP contribution in [0.25, 0.3) is 5.65 Å². The van der Waals surface area contributed by atoms with Gasteiger partial charge in [0.2, 0.25) is 0 Å². The summed E-state index contributed by atoms with van der Waals surface area (Å²) in [4.78, 5) is 56.5. The van der Waals surface area contributed by atoms with Gasteiger partial charge >= 0.3 is 11.9 Å². The van der Waals surface area contributed by atoms with Gasteiger partial charge in [-0.25, -0.2) is 19.1 Å². The van der Waals surface area contributed by atoms with E-state index in [1.165, 1.54) is 40.6 Å². The van der Waals surface area contributed by atoms with E-state index >= 15 is 0 Å². The number of aryl methyl sites for hydroxylation is 2. The van der Waals surface area contributed by atoms with Crippen molar-refractivity contribution in [2.75, 3.05) is 7.11 Å². The van der Waals surface area contributed by atoms with E-state index in [4.69, 9.17) is 26.8 Å². The van der Waals surface area contributed by atoms with Crippen molar-refractivity contribution in [1.29, 1.82) is 0 Å². The lowest BCUT2D eigenvalue weighted by Gasteiger charge is -2.21. The van der Waals surface area contributed by atoms with Gasteiger partial charge in [-0.15, -0.1) is 0 Å². The molecule has 1 aliphatic rings. The zero-order chi connectivity index (χ0) is 38.6. The predicted molar refractivity (Wildman–Crippen MR) is 202 cm³/mol. The summed E-state index contributed by atoms with van der Waals surface area (Å²) in [5, 5.41) is 7.75. The second-order valence-corrected chi connectivity index (χ2v) is 14.4. The van der Waals surface area contributed by atoms with E-state index < -0.39 is 23.4 Å². The van der Waals surface area contributed by atoms with Crippen molar-refractivity contribution in [2.24, 2.45) is 5.73 Å². The standard InChI is InChI=1S/C32H31ClN4O6.C9H13N/c1-17-19-12-13-24(21(19)11-10-20(17)30(40)43-32(2,3)4)36-29(39)26-15-25(31(41)42-5)35-28-22(16-34-37(26)28)27(38)14-18-8-6-7-9-23(18)33;1-7-3-4-9(6-10)5-8(7)2/h6-11,15-16,24H,12-14H2,1-5H3,(H,36,39);3-5H,6,10H2,1-2H3/t24-;/m0./s1. The normalized spacial score (nSPS) is 13.5. The zero-order valence-corrected chi connectivity index (χ0v) is 31.8. The van der Waals surface area contributed by atoms with E-state index in [2.05, 4.69) is 47.4 Å². The van der Waals surface area contributed by atoms with Crippen LogP contribution >= 0.6 is 11.6 Å². The van der Waals surface area contributed by atoms with Crippen molar-refractivity contribution in [3.8, 4) is 0 Å². The van der Waals surface area contributed by atoms with Crippen LogP contribution in [-0.4, -0.2) is 50.9 Å². The number of carbonyl (C=O) groups is 4. The summed E-state index contributed by atoms with van der Waals surface area (Å²) in [7, 11) is 1.21. The maximum Gasteiger partial charge on any atom is 0.356 e. The second kappa shape index (κ2) is 16.1. The Hall–Kier alpha value is -5.39. The molecule has 3 N–H and O–H groups in total. The molecule has 12 heteroatoms. The number of nitrogens with two attached hydrogens (primary N) is 1. The number of nitrogens with one attached hydrogen (secondary N) is 1. The quantitative estimate of drug-likeness (QED) is 0.126. The topological polar surface area (TPSA) is 155 Å². The summed E-state index contributed by atoms with van der Waals surface area (Å²) in [5.41, 5.74) is 12.6.